The lowest BCUT2D eigenvalue weighted by molar-refractivity contribution is -0.133. The number of carbonyl (C=O) groups excluding carboxylic acids is 1. The van der Waals surface area contributed by atoms with Crippen LogP contribution in [0.25, 0.3) is 0 Å². The largest absolute Gasteiger partial charge is 0.486 e. The highest BCUT2D eigenvalue weighted by Crippen LogP contribution is 2.27. The van der Waals surface area contributed by atoms with Crippen molar-refractivity contribution in [1.82, 2.24) is 9.88 Å². The molecule has 1 atom stereocenters. The Morgan fingerprint density at radius 2 is 2.19 bits per heavy atom. The number of benzene rings is 1. The van der Waals surface area contributed by atoms with E-state index in [0.717, 1.165) is 17.0 Å². The van der Waals surface area contributed by atoms with Gasteiger partial charge < -0.3 is 14.7 Å². The van der Waals surface area contributed by atoms with E-state index in [4.69, 9.17) is 21.4 Å². The molecule has 0 unspecified atom stereocenters. The maximum Gasteiger partial charge on any atom is 0.222 e. The molecule has 0 aliphatic heterocycles. The fourth-order valence-electron chi connectivity index (χ4n) is 2.54. The summed E-state index contributed by atoms with van der Waals surface area (Å²) in [5, 5.41) is 12.3. The molecule has 0 radical (unpaired) electrons. The van der Waals surface area contributed by atoms with Gasteiger partial charge in [0.2, 0.25) is 5.91 Å². The van der Waals surface area contributed by atoms with Crippen LogP contribution in [0.2, 0.25) is 5.02 Å². The highest BCUT2D eigenvalue weighted by atomic mass is 35.5. The molecule has 26 heavy (non-hydrogen) atoms. The summed E-state index contributed by atoms with van der Waals surface area (Å²) in [6, 6.07) is 5.58. The summed E-state index contributed by atoms with van der Waals surface area (Å²) in [6.07, 6.45) is 1.34. The van der Waals surface area contributed by atoms with Gasteiger partial charge in [-0.15, -0.1) is 11.3 Å². The lowest BCUT2D eigenvalue weighted by Gasteiger charge is -2.29. The number of carbonyl (C=O) groups is 1. The summed E-state index contributed by atoms with van der Waals surface area (Å²) < 4.78 is 5.93. The SMILES string of the molecule is CCC(=O)N(Cc1cc(Cl)ccc1OCc1nc(CO)cs1)[C@H](C)CC. The first-order valence-electron chi connectivity index (χ1n) is 8.73. The second-order valence-corrected chi connectivity index (χ2v) is 7.44. The first-order valence-corrected chi connectivity index (χ1v) is 9.99. The Labute approximate surface area is 163 Å². The molecule has 0 spiro atoms. The van der Waals surface area contributed by atoms with E-state index in [-0.39, 0.29) is 18.6 Å². The average Bonchev–Trinajstić information content (AvgIpc) is 3.12. The van der Waals surface area contributed by atoms with Gasteiger partial charge in [0, 0.05) is 35.0 Å². The molecule has 1 N–H and O–H groups in total. The summed E-state index contributed by atoms with van der Waals surface area (Å²) in [6.45, 7) is 6.67. The topological polar surface area (TPSA) is 62.7 Å². The third kappa shape index (κ3) is 5.43. The Morgan fingerprint density at radius 1 is 1.42 bits per heavy atom. The predicted molar refractivity (Wildman–Crippen MR) is 104 cm³/mol. The van der Waals surface area contributed by atoms with Gasteiger partial charge in [-0.1, -0.05) is 25.4 Å². The maximum atomic E-state index is 12.3. The number of hydrogen-bond acceptors (Lipinski definition) is 5. The van der Waals surface area contributed by atoms with Crippen molar-refractivity contribution in [2.45, 2.75) is 59.4 Å². The standard InChI is InChI=1S/C19H25ClN2O3S/c1-4-13(3)22(19(24)5-2)9-14-8-15(20)6-7-17(14)25-11-18-21-16(10-23)12-26-18/h6-8,12-13,23H,4-5,9-11H2,1-3H3/t13-/m1/s1. The molecule has 1 amide bonds. The summed E-state index contributed by atoms with van der Waals surface area (Å²) in [4.78, 5) is 18.5. The minimum absolute atomic E-state index is 0.0777. The summed E-state index contributed by atoms with van der Waals surface area (Å²) in [5.41, 5.74) is 1.51. The van der Waals surface area contributed by atoms with Crippen LogP contribution in [0.5, 0.6) is 5.75 Å². The molecule has 1 heterocycles. The van der Waals surface area contributed by atoms with Crippen LogP contribution in [-0.4, -0.2) is 26.9 Å². The molecule has 0 aliphatic rings. The number of amides is 1. The van der Waals surface area contributed by atoms with Gasteiger partial charge in [0.25, 0.3) is 0 Å². The number of thiazole rings is 1. The number of hydrogen-bond donors (Lipinski definition) is 1. The zero-order valence-electron chi connectivity index (χ0n) is 15.4. The molecule has 1 aromatic heterocycles. The van der Waals surface area contributed by atoms with Gasteiger partial charge in [0.1, 0.15) is 17.4 Å². The lowest BCUT2D eigenvalue weighted by atomic mass is 10.1. The van der Waals surface area contributed by atoms with E-state index < -0.39 is 0 Å². The second-order valence-electron chi connectivity index (χ2n) is 6.06. The molecule has 5 nitrogen and oxygen atoms in total. The van der Waals surface area contributed by atoms with E-state index in [1.807, 2.05) is 36.3 Å². The summed E-state index contributed by atoms with van der Waals surface area (Å²) >= 11 is 7.62. The molecule has 0 aliphatic carbocycles. The number of aliphatic hydroxyl groups is 1. The van der Waals surface area contributed by atoms with E-state index in [1.165, 1.54) is 11.3 Å². The van der Waals surface area contributed by atoms with E-state index >= 15 is 0 Å². The zero-order valence-corrected chi connectivity index (χ0v) is 16.9. The van der Waals surface area contributed by atoms with Crippen LogP contribution >= 0.6 is 22.9 Å². The Hall–Kier alpha value is -1.63. The fourth-order valence-corrected chi connectivity index (χ4v) is 3.43. The first kappa shape index (κ1) is 20.7. The van der Waals surface area contributed by atoms with Crippen molar-refractivity contribution in [1.29, 1.82) is 0 Å². The van der Waals surface area contributed by atoms with E-state index in [0.29, 0.717) is 36.0 Å². The van der Waals surface area contributed by atoms with E-state index in [9.17, 15) is 4.79 Å². The minimum atomic E-state index is -0.0777. The number of nitrogens with zero attached hydrogens (tertiary/aromatic N) is 2. The summed E-state index contributed by atoms with van der Waals surface area (Å²) in [5.74, 6) is 0.796. The second kappa shape index (κ2) is 9.90. The van der Waals surface area contributed by atoms with Crippen LogP contribution < -0.4 is 4.74 Å². The predicted octanol–water partition coefficient (Wildman–Crippen LogP) is 4.40. The smallest absolute Gasteiger partial charge is 0.222 e. The van der Waals surface area contributed by atoms with E-state index in [2.05, 4.69) is 11.9 Å². The molecule has 0 fully saturated rings. The number of ether oxygens (including phenoxy) is 1. The molecule has 0 bridgehead atoms. The molecule has 1 aromatic carbocycles. The van der Waals surface area contributed by atoms with E-state index in [1.54, 1.807) is 6.07 Å². The molecular weight excluding hydrogens is 372 g/mol. The summed E-state index contributed by atoms with van der Waals surface area (Å²) in [7, 11) is 0. The van der Waals surface area contributed by atoms with Gasteiger partial charge in [0.05, 0.1) is 12.3 Å². The Kier molecular flexibility index (Phi) is 7.87. The van der Waals surface area contributed by atoms with Gasteiger partial charge in [-0.25, -0.2) is 4.98 Å². The van der Waals surface area contributed by atoms with Gasteiger partial charge in [0.15, 0.2) is 0 Å². The van der Waals surface area contributed by atoms with Crippen LogP contribution in [0.3, 0.4) is 0 Å². The normalized spacial score (nSPS) is 12.0. The van der Waals surface area contributed by atoms with Gasteiger partial charge in [-0.3, -0.25) is 4.79 Å². The van der Waals surface area contributed by atoms with Crippen molar-refractivity contribution >= 4 is 28.8 Å². The fraction of sp³-hybridized carbons (Fsp3) is 0.474. The first-order chi connectivity index (χ1) is 12.5. The van der Waals surface area contributed by atoms with Crippen molar-refractivity contribution in [2.24, 2.45) is 0 Å². The van der Waals surface area contributed by atoms with Gasteiger partial charge >= 0.3 is 0 Å². The number of aliphatic hydroxyl groups excluding tert-OH is 1. The zero-order chi connectivity index (χ0) is 19.1. The van der Waals surface area contributed by atoms with Crippen LogP contribution in [0.4, 0.5) is 0 Å². The average molecular weight is 397 g/mol. The van der Waals surface area contributed by atoms with Crippen LogP contribution in [0.15, 0.2) is 23.6 Å². The number of aromatic nitrogens is 1. The highest BCUT2D eigenvalue weighted by Gasteiger charge is 2.20. The quantitative estimate of drug-likeness (QED) is 0.682. The Bertz CT molecular complexity index is 735. The van der Waals surface area contributed by atoms with Gasteiger partial charge in [-0.2, -0.15) is 0 Å². The molecule has 0 saturated heterocycles. The minimum Gasteiger partial charge on any atom is -0.486 e. The molecular formula is C19H25ClN2O3S. The molecule has 142 valence electrons. The van der Waals surface area contributed by atoms with Crippen molar-refractivity contribution in [3.8, 4) is 5.75 Å². The number of halogens is 1. The third-order valence-corrected chi connectivity index (χ3v) is 5.33. The lowest BCUT2D eigenvalue weighted by Crippen LogP contribution is -2.37. The molecule has 0 saturated carbocycles. The monoisotopic (exact) mass is 396 g/mol. The maximum absolute atomic E-state index is 12.3. The Balaban J connectivity index is 2.18. The third-order valence-electron chi connectivity index (χ3n) is 4.22. The molecule has 7 heteroatoms. The van der Waals surface area contributed by atoms with Gasteiger partial charge in [-0.05, 0) is 31.5 Å². The van der Waals surface area contributed by atoms with Crippen LogP contribution in [-0.2, 0) is 24.6 Å². The number of rotatable bonds is 9. The van der Waals surface area contributed by atoms with Crippen molar-refractivity contribution < 1.29 is 14.6 Å². The Morgan fingerprint density at radius 3 is 2.81 bits per heavy atom. The van der Waals surface area contributed by atoms with Crippen molar-refractivity contribution in [3.05, 3.63) is 44.9 Å². The molecule has 2 aromatic rings. The van der Waals surface area contributed by atoms with Crippen molar-refractivity contribution in [2.75, 3.05) is 0 Å². The van der Waals surface area contributed by atoms with Crippen LogP contribution in [0, 0.1) is 0 Å². The van der Waals surface area contributed by atoms with Crippen LogP contribution in [0.1, 0.15) is 49.9 Å². The molecule has 2 rings (SSSR count). The highest BCUT2D eigenvalue weighted by molar-refractivity contribution is 7.09. The van der Waals surface area contributed by atoms with Crippen molar-refractivity contribution in [3.63, 3.8) is 0 Å².